The van der Waals surface area contributed by atoms with Crippen molar-refractivity contribution < 1.29 is 19.4 Å². The molecular formula is C36H42N4O5S. The number of thiophene rings is 1. The highest BCUT2D eigenvalue weighted by Gasteiger charge is 2.39. The Morgan fingerprint density at radius 1 is 1.20 bits per heavy atom. The van der Waals surface area contributed by atoms with Gasteiger partial charge in [0.1, 0.15) is 4.83 Å². The molecule has 4 aromatic rings. The van der Waals surface area contributed by atoms with E-state index in [1.54, 1.807) is 12.3 Å². The van der Waals surface area contributed by atoms with E-state index in [-0.39, 0.29) is 29.4 Å². The van der Waals surface area contributed by atoms with E-state index in [1.807, 2.05) is 12.1 Å². The Kier molecular flexibility index (Phi) is 9.40. The molecule has 3 N–H and O–H groups in total. The second-order valence-electron chi connectivity index (χ2n) is 13.7. The summed E-state index contributed by atoms with van der Waals surface area (Å²) < 4.78 is 5.81. The zero-order chi connectivity index (χ0) is 32.4. The van der Waals surface area contributed by atoms with Gasteiger partial charge in [-0.1, -0.05) is 45.0 Å². The van der Waals surface area contributed by atoms with E-state index >= 15 is 0 Å². The van der Waals surface area contributed by atoms with Crippen molar-refractivity contribution in [3.63, 3.8) is 0 Å². The number of rotatable bonds is 7. The summed E-state index contributed by atoms with van der Waals surface area (Å²) in [4.78, 5) is 45.6. The normalized spacial score (nSPS) is 21.3. The van der Waals surface area contributed by atoms with Gasteiger partial charge in [-0.15, -0.1) is 11.3 Å². The molecule has 1 amide bonds. The SMILES string of the molecule is CC(C)(C)[C@H]1CCc2nc3sc(C(=O)N[C@H](CCN4CC5CC4CO5)c4ccc(-c5ccc(=O)[nH]c5)cc4)cc3cc2C1.O=CO. The summed E-state index contributed by atoms with van der Waals surface area (Å²) in [6.07, 6.45) is 7.25. The van der Waals surface area contributed by atoms with Crippen LogP contribution in [0.2, 0.25) is 0 Å². The zero-order valence-corrected chi connectivity index (χ0v) is 27.4. The molecule has 3 aromatic heterocycles. The molecule has 1 aromatic carbocycles. The fourth-order valence-corrected chi connectivity index (χ4v) is 8.01. The van der Waals surface area contributed by atoms with Crippen molar-refractivity contribution in [2.45, 2.75) is 71.1 Å². The van der Waals surface area contributed by atoms with Crippen LogP contribution in [0.15, 0.2) is 59.5 Å². The third-order valence-electron chi connectivity index (χ3n) is 9.78. The van der Waals surface area contributed by atoms with Crippen molar-refractivity contribution >= 4 is 33.9 Å². The summed E-state index contributed by atoms with van der Waals surface area (Å²) in [6, 6.07) is 16.3. The lowest BCUT2D eigenvalue weighted by atomic mass is 9.71. The summed E-state index contributed by atoms with van der Waals surface area (Å²) >= 11 is 1.50. The molecule has 2 bridgehead atoms. The molecule has 2 fully saturated rings. The van der Waals surface area contributed by atoms with Crippen LogP contribution in [0.25, 0.3) is 21.3 Å². The standard InChI is InChI=1S/C35H40N4O3S.CH2O2/c1-35(2,3)26-9-10-29-24(15-26)14-25-16-31(43-34(25)38-29)33(41)37-30(12-13-39-19-28-17-27(39)20-42-28)22-6-4-21(5-7-22)23-8-11-32(40)36-18-23;2-1-3/h4-8,11,14,16,18,26-28,30H,9-10,12-13,15,17,19-20H2,1-3H3,(H,36,40)(H,37,41);1H,(H,2,3)/t26-,27?,28?,30+;/m0./s1. The van der Waals surface area contributed by atoms with Crippen LogP contribution < -0.4 is 10.9 Å². The first-order valence-electron chi connectivity index (χ1n) is 16.1. The fraction of sp³-hybridized carbons (Fsp3) is 0.444. The van der Waals surface area contributed by atoms with Crippen LogP contribution >= 0.6 is 11.3 Å². The van der Waals surface area contributed by atoms with E-state index < -0.39 is 0 Å². The van der Waals surface area contributed by atoms with Gasteiger partial charge < -0.3 is 20.1 Å². The zero-order valence-electron chi connectivity index (χ0n) is 26.6. The number of amides is 1. The molecule has 242 valence electrons. The molecule has 4 atom stereocenters. The van der Waals surface area contributed by atoms with Gasteiger partial charge in [0.25, 0.3) is 12.4 Å². The Morgan fingerprint density at radius 2 is 1.96 bits per heavy atom. The Hall–Kier alpha value is -3.86. The summed E-state index contributed by atoms with van der Waals surface area (Å²) in [5, 5.41) is 11.3. The smallest absolute Gasteiger partial charge is 0.290 e. The number of morpholine rings is 1. The summed E-state index contributed by atoms with van der Waals surface area (Å²) in [7, 11) is 0. The van der Waals surface area contributed by atoms with E-state index in [9.17, 15) is 9.59 Å². The monoisotopic (exact) mass is 642 g/mol. The van der Waals surface area contributed by atoms with Crippen molar-refractivity contribution in [2.24, 2.45) is 11.3 Å². The Bertz CT molecular complexity index is 1740. The molecule has 10 heteroatoms. The number of likely N-dealkylation sites (tertiary alicyclic amines) is 1. The number of carboxylic acid groups (broad SMARTS) is 1. The lowest BCUT2D eigenvalue weighted by molar-refractivity contribution is -0.122. The van der Waals surface area contributed by atoms with Crippen molar-refractivity contribution in [3.8, 4) is 11.1 Å². The third-order valence-corrected chi connectivity index (χ3v) is 10.8. The van der Waals surface area contributed by atoms with E-state index in [1.165, 1.54) is 29.0 Å². The number of ether oxygens (including phenoxy) is 1. The number of fused-ring (bicyclic) bond motifs is 4. The number of nitrogens with one attached hydrogen (secondary N) is 2. The van der Waals surface area contributed by atoms with Crippen LogP contribution in [0.5, 0.6) is 0 Å². The molecule has 5 heterocycles. The average Bonchev–Trinajstić information content (AvgIpc) is 3.78. The third kappa shape index (κ3) is 7.09. The molecule has 3 aliphatic rings. The molecule has 0 saturated carbocycles. The maximum Gasteiger partial charge on any atom is 0.290 e. The lowest BCUT2D eigenvalue weighted by Crippen LogP contribution is -2.39. The van der Waals surface area contributed by atoms with E-state index in [4.69, 9.17) is 19.6 Å². The molecule has 1 aliphatic carbocycles. The maximum absolute atomic E-state index is 13.8. The number of nitrogens with zero attached hydrogens (tertiary/aromatic N) is 2. The first-order valence-corrected chi connectivity index (χ1v) is 16.9. The predicted octanol–water partition coefficient (Wildman–Crippen LogP) is 5.84. The summed E-state index contributed by atoms with van der Waals surface area (Å²) in [6.45, 7) is 9.43. The Labute approximate surface area is 273 Å². The number of carbonyl (C=O) groups excluding carboxylic acids is 1. The van der Waals surface area contributed by atoms with Crippen LogP contribution in [-0.2, 0) is 22.4 Å². The number of aryl methyl sites for hydroxylation is 1. The highest BCUT2D eigenvalue weighted by atomic mass is 32.1. The minimum atomic E-state index is -0.250. The number of hydrogen-bond acceptors (Lipinski definition) is 7. The molecule has 7 rings (SSSR count). The summed E-state index contributed by atoms with van der Waals surface area (Å²) in [5.74, 6) is 0.601. The van der Waals surface area contributed by atoms with Crippen LogP contribution in [0, 0.1) is 11.3 Å². The van der Waals surface area contributed by atoms with Gasteiger partial charge in [-0.2, -0.15) is 0 Å². The highest BCUT2D eigenvalue weighted by molar-refractivity contribution is 7.20. The van der Waals surface area contributed by atoms with Gasteiger partial charge >= 0.3 is 0 Å². The second-order valence-corrected chi connectivity index (χ2v) is 14.8. The van der Waals surface area contributed by atoms with Gasteiger partial charge in [0, 0.05) is 42.5 Å². The van der Waals surface area contributed by atoms with Gasteiger partial charge in [-0.05, 0) is 83.9 Å². The number of aromatic nitrogens is 2. The second kappa shape index (κ2) is 13.5. The molecule has 2 unspecified atom stereocenters. The number of H-pyrrole nitrogens is 1. The number of benzene rings is 1. The van der Waals surface area contributed by atoms with Gasteiger partial charge in [0.15, 0.2) is 0 Å². The van der Waals surface area contributed by atoms with E-state index in [2.05, 4.69) is 66.3 Å². The van der Waals surface area contributed by atoms with Gasteiger partial charge in [-0.25, -0.2) is 4.98 Å². The number of hydrogen-bond donors (Lipinski definition) is 3. The Morgan fingerprint density at radius 3 is 2.61 bits per heavy atom. The number of pyridine rings is 2. The molecule has 46 heavy (non-hydrogen) atoms. The van der Waals surface area contributed by atoms with Crippen molar-refractivity contribution in [1.82, 2.24) is 20.2 Å². The number of carbonyl (C=O) groups is 2. The van der Waals surface area contributed by atoms with Crippen LogP contribution in [-0.4, -0.2) is 64.2 Å². The van der Waals surface area contributed by atoms with Crippen molar-refractivity contribution in [3.05, 3.63) is 86.8 Å². The summed E-state index contributed by atoms with van der Waals surface area (Å²) in [5.41, 5.74) is 5.75. The molecule has 2 saturated heterocycles. The molecule has 9 nitrogen and oxygen atoms in total. The largest absolute Gasteiger partial charge is 0.483 e. The van der Waals surface area contributed by atoms with Crippen LogP contribution in [0.1, 0.15) is 72.6 Å². The first-order chi connectivity index (χ1) is 22.1. The van der Waals surface area contributed by atoms with Crippen LogP contribution in [0.4, 0.5) is 0 Å². The molecule has 2 aliphatic heterocycles. The van der Waals surface area contributed by atoms with Crippen molar-refractivity contribution in [1.29, 1.82) is 0 Å². The maximum atomic E-state index is 13.8. The van der Waals surface area contributed by atoms with E-state index in [0.29, 0.717) is 22.9 Å². The van der Waals surface area contributed by atoms with Gasteiger partial charge in [-0.3, -0.25) is 19.3 Å². The minimum Gasteiger partial charge on any atom is -0.483 e. The van der Waals surface area contributed by atoms with Gasteiger partial charge in [0.05, 0.1) is 23.6 Å². The molecule has 0 radical (unpaired) electrons. The first kappa shape index (κ1) is 32.1. The van der Waals surface area contributed by atoms with E-state index in [0.717, 1.165) is 72.3 Å². The van der Waals surface area contributed by atoms with Crippen LogP contribution in [0.3, 0.4) is 0 Å². The lowest BCUT2D eigenvalue weighted by Gasteiger charge is -2.34. The average molecular weight is 643 g/mol. The highest BCUT2D eigenvalue weighted by Crippen LogP contribution is 2.39. The minimum absolute atomic E-state index is 0.0467. The predicted molar refractivity (Wildman–Crippen MR) is 180 cm³/mol. The Balaban J connectivity index is 0.00000119. The molecule has 0 spiro atoms. The quantitative estimate of drug-likeness (QED) is 0.217. The van der Waals surface area contributed by atoms with Crippen molar-refractivity contribution in [2.75, 3.05) is 19.7 Å². The fourth-order valence-electron chi connectivity index (χ4n) is 7.07. The molecular weight excluding hydrogens is 600 g/mol. The van der Waals surface area contributed by atoms with Gasteiger partial charge in [0.2, 0.25) is 5.56 Å². The topological polar surface area (TPSA) is 125 Å². The number of aromatic amines is 1.